The van der Waals surface area contributed by atoms with Crippen LogP contribution in [0.2, 0.25) is 0 Å². The summed E-state index contributed by atoms with van der Waals surface area (Å²) in [5.41, 5.74) is -0.431. The monoisotopic (exact) mass is 293 g/mol. The maximum atomic E-state index is 11.8. The molecule has 0 aliphatic carbocycles. The second kappa shape index (κ2) is 6.39. The zero-order valence-electron chi connectivity index (χ0n) is 11.4. The van der Waals surface area contributed by atoms with Crippen LogP contribution in [-0.2, 0) is 14.6 Å². The highest BCUT2D eigenvalue weighted by Gasteiger charge is 2.35. The van der Waals surface area contributed by atoms with Gasteiger partial charge in [0, 0.05) is 36.3 Å². The molecule has 0 N–H and O–H groups in total. The van der Waals surface area contributed by atoms with Crippen molar-refractivity contribution >= 4 is 27.9 Å². The van der Waals surface area contributed by atoms with Crippen molar-refractivity contribution in [2.24, 2.45) is 5.41 Å². The fraction of sp³-hybridized carbons (Fsp3) is 0.917. The first-order valence-electron chi connectivity index (χ1n) is 6.29. The van der Waals surface area contributed by atoms with Gasteiger partial charge in [0.25, 0.3) is 0 Å². The van der Waals surface area contributed by atoms with Gasteiger partial charge in [-0.05, 0) is 6.42 Å². The van der Waals surface area contributed by atoms with Crippen molar-refractivity contribution in [2.75, 3.05) is 30.9 Å². The number of rotatable bonds is 6. The van der Waals surface area contributed by atoms with E-state index in [-0.39, 0.29) is 0 Å². The molecule has 0 saturated carbocycles. The SMILES string of the molecule is CCCC(C)(C=O)CN1CCSCC1S(C)(=O)=O. The third-order valence-electron chi connectivity index (χ3n) is 3.35. The number of nitrogens with zero attached hydrogens (tertiary/aromatic N) is 1. The zero-order valence-corrected chi connectivity index (χ0v) is 13.0. The van der Waals surface area contributed by atoms with Crippen molar-refractivity contribution < 1.29 is 13.2 Å². The molecular weight excluding hydrogens is 270 g/mol. The van der Waals surface area contributed by atoms with Gasteiger partial charge in [-0.1, -0.05) is 20.3 Å². The number of hydrogen-bond acceptors (Lipinski definition) is 5. The van der Waals surface area contributed by atoms with Crippen LogP contribution in [-0.4, -0.2) is 55.8 Å². The molecule has 0 spiro atoms. The summed E-state index contributed by atoms with van der Waals surface area (Å²) in [4.78, 5) is 13.2. The lowest BCUT2D eigenvalue weighted by atomic mass is 9.86. The van der Waals surface area contributed by atoms with Gasteiger partial charge in [0.05, 0.1) is 0 Å². The smallest absolute Gasteiger partial charge is 0.164 e. The van der Waals surface area contributed by atoms with Gasteiger partial charge < -0.3 is 4.79 Å². The molecule has 6 heteroatoms. The molecule has 1 aliphatic heterocycles. The molecule has 2 atom stereocenters. The highest BCUT2D eigenvalue weighted by molar-refractivity contribution is 8.00. The van der Waals surface area contributed by atoms with E-state index in [0.717, 1.165) is 31.4 Å². The molecule has 1 rings (SSSR count). The van der Waals surface area contributed by atoms with Gasteiger partial charge >= 0.3 is 0 Å². The van der Waals surface area contributed by atoms with Gasteiger partial charge in [0.1, 0.15) is 11.7 Å². The Balaban J connectivity index is 2.82. The highest BCUT2D eigenvalue weighted by atomic mass is 32.2. The topological polar surface area (TPSA) is 54.5 Å². The molecule has 1 fully saturated rings. The van der Waals surface area contributed by atoms with E-state index in [1.165, 1.54) is 6.26 Å². The molecule has 4 nitrogen and oxygen atoms in total. The van der Waals surface area contributed by atoms with E-state index in [1.807, 2.05) is 18.7 Å². The van der Waals surface area contributed by atoms with Crippen LogP contribution in [0.25, 0.3) is 0 Å². The number of thioether (sulfide) groups is 1. The summed E-state index contributed by atoms with van der Waals surface area (Å²) in [7, 11) is -3.08. The van der Waals surface area contributed by atoms with Gasteiger partial charge in [-0.15, -0.1) is 0 Å². The lowest BCUT2D eigenvalue weighted by Gasteiger charge is -2.38. The van der Waals surface area contributed by atoms with Crippen molar-refractivity contribution in [1.29, 1.82) is 0 Å². The third kappa shape index (κ3) is 4.24. The summed E-state index contributed by atoms with van der Waals surface area (Å²) in [5.74, 6) is 1.55. The van der Waals surface area contributed by atoms with E-state index in [4.69, 9.17) is 0 Å². The van der Waals surface area contributed by atoms with Crippen LogP contribution in [0.5, 0.6) is 0 Å². The van der Waals surface area contributed by atoms with Gasteiger partial charge in [0.2, 0.25) is 0 Å². The van der Waals surface area contributed by atoms with E-state index in [1.54, 1.807) is 11.8 Å². The molecule has 1 aliphatic rings. The fourth-order valence-electron chi connectivity index (χ4n) is 2.40. The Labute approximate surface area is 114 Å². The first kappa shape index (κ1) is 16.0. The molecular formula is C12H23NO3S2. The molecule has 1 saturated heterocycles. The number of hydrogen-bond donors (Lipinski definition) is 0. The van der Waals surface area contributed by atoms with E-state index in [2.05, 4.69) is 0 Å². The molecule has 106 valence electrons. The summed E-state index contributed by atoms with van der Waals surface area (Å²) in [6, 6.07) is 0. The lowest BCUT2D eigenvalue weighted by molar-refractivity contribution is -0.116. The van der Waals surface area contributed by atoms with E-state index >= 15 is 0 Å². The number of aldehydes is 1. The van der Waals surface area contributed by atoms with Crippen molar-refractivity contribution in [3.63, 3.8) is 0 Å². The van der Waals surface area contributed by atoms with Crippen molar-refractivity contribution in [2.45, 2.75) is 32.1 Å². The molecule has 18 heavy (non-hydrogen) atoms. The Bertz CT molecular complexity index is 383. The van der Waals surface area contributed by atoms with Crippen LogP contribution in [0.1, 0.15) is 26.7 Å². The van der Waals surface area contributed by atoms with Gasteiger partial charge in [-0.2, -0.15) is 11.8 Å². The highest BCUT2D eigenvalue weighted by Crippen LogP contribution is 2.27. The zero-order chi connectivity index (χ0) is 13.8. The second-order valence-electron chi connectivity index (χ2n) is 5.35. The molecule has 0 aromatic carbocycles. The molecule has 0 aromatic rings. The molecule has 0 bridgehead atoms. The van der Waals surface area contributed by atoms with Crippen LogP contribution in [0.15, 0.2) is 0 Å². The number of carbonyl (C=O) groups excluding carboxylic acids is 1. The van der Waals surface area contributed by atoms with Gasteiger partial charge in [0.15, 0.2) is 9.84 Å². The number of sulfone groups is 1. The molecule has 1 heterocycles. The maximum absolute atomic E-state index is 11.8. The standard InChI is InChI=1S/C12H23NO3S2/c1-4-5-12(2,10-14)9-13-6-7-17-8-11(13)18(3,15)16/h10-11H,4-9H2,1-3H3. The molecule has 0 amide bonds. The Morgan fingerprint density at radius 3 is 2.67 bits per heavy atom. The number of carbonyl (C=O) groups is 1. The molecule has 2 unspecified atom stereocenters. The summed E-state index contributed by atoms with van der Waals surface area (Å²) in [5, 5.41) is -0.438. The summed E-state index contributed by atoms with van der Waals surface area (Å²) >= 11 is 1.67. The van der Waals surface area contributed by atoms with Gasteiger partial charge in [-0.25, -0.2) is 8.42 Å². The van der Waals surface area contributed by atoms with Crippen LogP contribution in [0.4, 0.5) is 0 Å². The van der Waals surface area contributed by atoms with Crippen LogP contribution in [0.3, 0.4) is 0 Å². The Kier molecular flexibility index (Phi) is 5.67. The molecule has 0 radical (unpaired) electrons. The van der Waals surface area contributed by atoms with E-state index in [9.17, 15) is 13.2 Å². The minimum Gasteiger partial charge on any atom is -0.303 e. The largest absolute Gasteiger partial charge is 0.303 e. The van der Waals surface area contributed by atoms with Gasteiger partial charge in [-0.3, -0.25) is 4.90 Å². The van der Waals surface area contributed by atoms with Crippen molar-refractivity contribution in [3.05, 3.63) is 0 Å². The average Bonchev–Trinajstić information content (AvgIpc) is 2.28. The average molecular weight is 293 g/mol. The van der Waals surface area contributed by atoms with Crippen LogP contribution in [0, 0.1) is 5.41 Å². The normalized spacial score (nSPS) is 25.6. The minimum atomic E-state index is -3.08. The quantitative estimate of drug-likeness (QED) is 0.693. The lowest BCUT2D eigenvalue weighted by Crippen LogP contribution is -2.51. The van der Waals surface area contributed by atoms with Crippen molar-refractivity contribution in [3.8, 4) is 0 Å². The summed E-state index contributed by atoms with van der Waals surface area (Å²) in [6.07, 6.45) is 4.00. The Hall–Kier alpha value is -0.0700. The predicted molar refractivity (Wildman–Crippen MR) is 76.6 cm³/mol. The second-order valence-corrected chi connectivity index (χ2v) is 8.70. The first-order chi connectivity index (χ1) is 8.32. The van der Waals surface area contributed by atoms with Crippen molar-refractivity contribution in [1.82, 2.24) is 4.90 Å². The van der Waals surface area contributed by atoms with E-state index in [0.29, 0.717) is 12.3 Å². The fourth-order valence-corrected chi connectivity index (χ4v) is 5.34. The molecule has 0 aromatic heterocycles. The minimum absolute atomic E-state index is 0.431. The van der Waals surface area contributed by atoms with E-state index < -0.39 is 20.6 Å². The first-order valence-corrected chi connectivity index (χ1v) is 9.40. The predicted octanol–water partition coefficient (Wildman–Crippen LogP) is 1.41. The Morgan fingerprint density at radius 1 is 1.50 bits per heavy atom. The van der Waals surface area contributed by atoms with Crippen LogP contribution < -0.4 is 0 Å². The van der Waals surface area contributed by atoms with Crippen LogP contribution >= 0.6 is 11.8 Å². The maximum Gasteiger partial charge on any atom is 0.164 e. The Morgan fingerprint density at radius 2 is 2.17 bits per heavy atom. The summed E-state index contributed by atoms with van der Waals surface area (Å²) in [6.45, 7) is 5.25. The summed E-state index contributed by atoms with van der Waals surface area (Å²) < 4.78 is 23.6. The third-order valence-corrected chi connectivity index (χ3v) is 6.04.